The Hall–Kier alpha value is -0.250. The highest BCUT2D eigenvalue weighted by molar-refractivity contribution is 4.74. The van der Waals surface area contributed by atoms with Crippen LogP contribution in [-0.4, -0.2) is 30.7 Å². The molecule has 77 valence electrons. The molecular formula is C9H15F3N. The Morgan fingerprint density at radius 3 is 2.15 bits per heavy atom. The van der Waals surface area contributed by atoms with Gasteiger partial charge in [0.1, 0.15) is 0 Å². The van der Waals surface area contributed by atoms with Crippen molar-refractivity contribution >= 4 is 0 Å². The van der Waals surface area contributed by atoms with Gasteiger partial charge < -0.3 is 0 Å². The Balaban J connectivity index is 2.25. The average molecular weight is 194 g/mol. The number of likely N-dealkylation sites (tertiary alicyclic amines) is 1. The van der Waals surface area contributed by atoms with Gasteiger partial charge in [0.15, 0.2) is 0 Å². The Bertz CT molecular complexity index is 147. The number of hydrogen-bond donors (Lipinski definition) is 0. The van der Waals surface area contributed by atoms with E-state index in [1.807, 2.05) is 0 Å². The maximum absolute atomic E-state index is 12.0. The van der Waals surface area contributed by atoms with Gasteiger partial charge in [-0.2, -0.15) is 13.2 Å². The summed E-state index contributed by atoms with van der Waals surface area (Å²) in [5.74, 6) is 0.532. The van der Waals surface area contributed by atoms with Gasteiger partial charge in [0.25, 0.3) is 0 Å². The fourth-order valence-electron chi connectivity index (χ4n) is 1.69. The standard InChI is InChI=1S/C9H15F3N/c1-2-8-3-5-13(6-4-8)7-9(10,11)12/h8H,1-7H2. The molecule has 13 heavy (non-hydrogen) atoms. The Morgan fingerprint density at radius 2 is 1.77 bits per heavy atom. The molecule has 0 aromatic carbocycles. The fourth-order valence-corrected chi connectivity index (χ4v) is 1.69. The van der Waals surface area contributed by atoms with E-state index in [0.717, 1.165) is 19.3 Å². The van der Waals surface area contributed by atoms with E-state index < -0.39 is 12.7 Å². The minimum Gasteiger partial charge on any atom is -0.295 e. The van der Waals surface area contributed by atoms with Crippen LogP contribution in [0.5, 0.6) is 0 Å². The van der Waals surface area contributed by atoms with E-state index in [9.17, 15) is 13.2 Å². The second-order valence-electron chi connectivity index (χ2n) is 3.62. The molecule has 1 nitrogen and oxygen atoms in total. The van der Waals surface area contributed by atoms with Gasteiger partial charge >= 0.3 is 6.18 Å². The summed E-state index contributed by atoms with van der Waals surface area (Å²) >= 11 is 0. The van der Waals surface area contributed by atoms with Crippen LogP contribution in [-0.2, 0) is 0 Å². The van der Waals surface area contributed by atoms with Gasteiger partial charge in [-0.3, -0.25) is 4.90 Å². The molecule has 0 bridgehead atoms. The highest BCUT2D eigenvalue weighted by Crippen LogP contribution is 2.23. The average Bonchev–Trinajstić information content (AvgIpc) is 2.03. The molecule has 0 aromatic heterocycles. The minimum atomic E-state index is -4.04. The molecule has 4 heteroatoms. The number of alkyl halides is 3. The van der Waals surface area contributed by atoms with Crippen LogP contribution < -0.4 is 0 Å². The van der Waals surface area contributed by atoms with Gasteiger partial charge in [-0.25, -0.2) is 0 Å². The highest BCUT2D eigenvalue weighted by atomic mass is 19.4. The van der Waals surface area contributed by atoms with E-state index in [4.69, 9.17) is 0 Å². The molecule has 0 atom stereocenters. The van der Waals surface area contributed by atoms with Crippen LogP contribution in [0, 0.1) is 12.8 Å². The zero-order valence-electron chi connectivity index (χ0n) is 7.61. The molecule has 1 saturated heterocycles. The molecule has 0 spiro atoms. The zero-order chi connectivity index (χ0) is 9.90. The quantitative estimate of drug-likeness (QED) is 0.652. The molecule has 0 aliphatic carbocycles. The Morgan fingerprint density at radius 1 is 1.23 bits per heavy atom. The highest BCUT2D eigenvalue weighted by Gasteiger charge is 2.32. The molecule has 0 unspecified atom stereocenters. The minimum absolute atomic E-state index is 0.532. The summed E-state index contributed by atoms with van der Waals surface area (Å²) in [6, 6.07) is 0. The van der Waals surface area contributed by atoms with Crippen LogP contribution in [0.1, 0.15) is 19.3 Å². The number of rotatable bonds is 2. The monoisotopic (exact) mass is 194 g/mol. The normalized spacial score (nSPS) is 22.2. The summed E-state index contributed by atoms with van der Waals surface area (Å²) < 4.78 is 35.9. The molecule has 0 N–H and O–H groups in total. The molecule has 0 aromatic rings. The van der Waals surface area contributed by atoms with Crippen molar-refractivity contribution in [1.29, 1.82) is 0 Å². The number of hydrogen-bond acceptors (Lipinski definition) is 1. The van der Waals surface area contributed by atoms with Crippen molar-refractivity contribution in [2.45, 2.75) is 25.4 Å². The van der Waals surface area contributed by atoms with Crippen molar-refractivity contribution in [1.82, 2.24) is 4.90 Å². The van der Waals surface area contributed by atoms with Crippen LogP contribution in [0.2, 0.25) is 0 Å². The molecule has 1 aliphatic rings. The van der Waals surface area contributed by atoms with Crippen LogP contribution in [0.15, 0.2) is 0 Å². The van der Waals surface area contributed by atoms with E-state index in [0.29, 0.717) is 19.0 Å². The largest absolute Gasteiger partial charge is 0.401 e. The molecule has 1 aliphatic heterocycles. The second-order valence-corrected chi connectivity index (χ2v) is 3.62. The smallest absolute Gasteiger partial charge is 0.295 e. The van der Waals surface area contributed by atoms with Crippen LogP contribution >= 0.6 is 0 Å². The summed E-state index contributed by atoms with van der Waals surface area (Å²) in [5, 5.41) is 0. The summed E-state index contributed by atoms with van der Waals surface area (Å²) in [6.07, 6.45) is -1.48. The molecule has 1 heterocycles. The van der Waals surface area contributed by atoms with E-state index in [1.165, 1.54) is 4.90 Å². The van der Waals surface area contributed by atoms with Gasteiger partial charge in [-0.05, 0) is 31.8 Å². The maximum Gasteiger partial charge on any atom is 0.401 e. The molecule has 1 rings (SSSR count). The number of piperidine rings is 1. The summed E-state index contributed by atoms with van der Waals surface area (Å²) in [7, 11) is 0. The lowest BCUT2D eigenvalue weighted by Gasteiger charge is -2.31. The Labute approximate surface area is 76.9 Å². The van der Waals surface area contributed by atoms with Gasteiger partial charge in [0.2, 0.25) is 0 Å². The number of halogens is 3. The second kappa shape index (κ2) is 4.31. The first kappa shape index (κ1) is 10.8. The maximum atomic E-state index is 12.0. The van der Waals surface area contributed by atoms with Crippen LogP contribution in [0.25, 0.3) is 0 Å². The van der Waals surface area contributed by atoms with Crippen molar-refractivity contribution in [2.24, 2.45) is 5.92 Å². The topological polar surface area (TPSA) is 3.24 Å². The lowest BCUT2D eigenvalue weighted by atomic mass is 9.94. The predicted octanol–water partition coefficient (Wildman–Crippen LogP) is 2.48. The third-order valence-electron chi connectivity index (χ3n) is 2.52. The summed E-state index contributed by atoms with van der Waals surface area (Å²) in [5.41, 5.74) is 0. The first-order valence-corrected chi connectivity index (χ1v) is 4.59. The zero-order valence-corrected chi connectivity index (χ0v) is 7.61. The van der Waals surface area contributed by atoms with Gasteiger partial charge in [-0.1, -0.05) is 13.3 Å². The molecule has 0 saturated carbocycles. The fraction of sp³-hybridized carbons (Fsp3) is 0.889. The number of nitrogens with zero attached hydrogens (tertiary/aromatic N) is 1. The third kappa shape index (κ3) is 3.98. The van der Waals surface area contributed by atoms with Gasteiger partial charge in [-0.15, -0.1) is 0 Å². The van der Waals surface area contributed by atoms with Crippen molar-refractivity contribution < 1.29 is 13.2 Å². The van der Waals surface area contributed by atoms with E-state index in [-0.39, 0.29) is 0 Å². The summed E-state index contributed by atoms with van der Waals surface area (Å²) in [6.45, 7) is 4.15. The first-order valence-electron chi connectivity index (χ1n) is 4.59. The third-order valence-corrected chi connectivity index (χ3v) is 2.52. The van der Waals surface area contributed by atoms with E-state index in [1.54, 1.807) is 0 Å². The lowest BCUT2D eigenvalue weighted by Crippen LogP contribution is -2.39. The molecule has 0 amide bonds. The molecule has 1 radical (unpaired) electrons. The van der Waals surface area contributed by atoms with E-state index in [2.05, 4.69) is 6.92 Å². The molecule has 1 fully saturated rings. The lowest BCUT2D eigenvalue weighted by molar-refractivity contribution is -0.148. The Kier molecular flexibility index (Phi) is 3.59. The van der Waals surface area contributed by atoms with E-state index >= 15 is 0 Å². The summed E-state index contributed by atoms with van der Waals surface area (Å²) in [4.78, 5) is 1.48. The van der Waals surface area contributed by atoms with Crippen LogP contribution in [0.3, 0.4) is 0 Å². The molecular weight excluding hydrogens is 179 g/mol. The predicted molar refractivity (Wildman–Crippen MR) is 45.2 cm³/mol. The SMILES string of the molecule is [CH2]CC1CCN(CC(F)(F)F)CC1. The van der Waals surface area contributed by atoms with Crippen molar-refractivity contribution in [3.8, 4) is 0 Å². The first-order chi connectivity index (χ1) is 6.01. The van der Waals surface area contributed by atoms with Gasteiger partial charge in [0.05, 0.1) is 6.54 Å². The van der Waals surface area contributed by atoms with Crippen molar-refractivity contribution in [3.63, 3.8) is 0 Å². The van der Waals surface area contributed by atoms with Gasteiger partial charge in [0, 0.05) is 0 Å². The van der Waals surface area contributed by atoms with Crippen molar-refractivity contribution in [2.75, 3.05) is 19.6 Å². The van der Waals surface area contributed by atoms with Crippen molar-refractivity contribution in [3.05, 3.63) is 6.92 Å². The van der Waals surface area contributed by atoms with Crippen LogP contribution in [0.4, 0.5) is 13.2 Å².